The molecule has 0 unspecified atom stereocenters. The number of nitrogens with zero attached hydrogens (tertiary/aromatic N) is 2. The van der Waals surface area contributed by atoms with Crippen LogP contribution in [0.3, 0.4) is 0 Å². The van der Waals surface area contributed by atoms with E-state index in [1.54, 1.807) is 6.20 Å². The van der Waals surface area contributed by atoms with Crippen molar-refractivity contribution in [1.29, 1.82) is 0 Å². The van der Waals surface area contributed by atoms with Crippen LogP contribution in [0.15, 0.2) is 66.9 Å². The summed E-state index contributed by atoms with van der Waals surface area (Å²) in [7, 11) is -3.38. The first-order chi connectivity index (χ1) is 15.0. The van der Waals surface area contributed by atoms with Gasteiger partial charge < -0.3 is 10.3 Å². The highest BCUT2D eigenvalue weighted by molar-refractivity contribution is 7.88. The van der Waals surface area contributed by atoms with E-state index < -0.39 is 10.0 Å². The fourth-order valence-corrected chi connectivity index (χ4v) is 5.37. The number of rotatable bonds is 7. The highest BCUT2D eigenvalue weighted by Gasteiger charge is 2.31. The first-order valence-corrected chi connectivity index (χ1v) is 12.0. The van der Waals surface area contributed by atoms with Crippen LogP contribution >= 0.6 is 0 Å². The summed E-state index contributed by atoms with van der Waals surface area (Å²) in [6.45, 7) is 1.05. The third kappa shape index (κ3) is 5.39. The van der Waals surface area contributed by atoms with Gasteiger partial charge in [0, 0.05) is 19.0 Å². The summed E-state index contributed by atoms with van der Waals surface area (Å²) >= 11 is 0. The van der Waals surface area contributed by atoms with Crippen molar-refractivity contribution in [3.63, 3.8) is 0 Å². The Bertz CT molecular complexity index is 1110. The minimum Gasteiger partial charge on any atom is -0.349 e. The molecule has 1 aromatic heterocycles. The summed E-state index contributed by atoms with van der Waals surface area (Å²) < 4.78 is 26.9. The molecular weight excluding hydrogens is 412 g/mol. The minimum atomic E-state index is -3.38. The highest BCUT2D eigenvalue weighted by atomic mass is 32.2. The number of amides is 1. The molecule has 2 heterocycles. The molecule has 1 aliphatic rings. The SMILES string of the molecule is O=C(NCc1ncc(-c2ccccc2)[nH]1)C1CCN(S(=O)(=O)Cc2ccccc2)CC1. The van der Waals surface area contributed by atoms with Gasteiger partial charge >= 0.3 is 0 Å². The van der Waals surface area contributed by atoms with Gasteiger partial charge in [0.25, 0.3) is 0 Å². The molecule has 0 saturated carbocycles. The zero-order valence-corrected chi connectivity index (χ0v) is 18.0. The molecule has 3 aromatic rings. The number of carbonyl (C=O) groups is 1. The van der Waals surface area contributed by atoms with E-state index in [4.69, 9.17) is 0 Å². The molecule has 2 aromatic carbocycles. The summed E-state index contributed by atoms with van der Waals surface area (Å²) in [5.41, 5.74) is 2.72. The van der Waals surface area contributed by atoms with E-state index in [1.165, 1.54) is 4.31 Å². The molecular formula is C23H26N4O3S. The van der Waals surface area contributed by atoms with E-state index in [2.05, 4.69) is 15.3 Å². The van der Waals surface area contributed by atoms with Crippen LogP contribution in [-0.2, 0) is 27.1 Å². The van der Waals surface area contributed by atoms with E-state index in [-0.39, 0.29) is 17.6 Å². The normalized spacial score (nSPS) is 15.6. The Labute approximate surface area is 182 Å². The van der Waals surface area contributed by atoms with E-state index in [9.17, 15) is 13.2 Å². The average Bonchev–Trinajstić information content (AvgIpc) is 3.28. The van der Waals surface area contributed by atoms with Gasteiger partial charge in [-0.1, -0.05) is 60.7 Å². The van der Waals surface area contributed by atoms with Gasteiger partial charge in [0.15, 0.2) is 0 Å². The molecule has 0 aliphatic carbocycles. The van der Waals surface area contributed by atoms with Crippen LogP contribution in [0.5, 0.6) is 0 Å². The fraction of sp³-hybridized carbons (Fsp3) is 0.304. The Morgan fingerprint density at radius 3 is 2.35 bits per heavy atom. The fourth-order valence-electron chi connectivity index (χ4n) is 3.80. The lowest BCUT2D eigenvalue weighted by atomic mass is 9.97. The van der Waals surface area contributed by atoms with Gasteiger partial charge in [-0.05, 0) is 24.0 Å². The number of aromatic nitrogens is 2. The predicted molar refractivity (Wildman–Crippen MR) is 119 cm³/mol. The molecule has 0 radical (unpaired) electrons. The van der Waals surface area contributed by atoms with Crippen molar-refractivity contribution in [2.45, 2.75) is 25.1 Å². The molecule has 1 fully saturated rings. The van der Waals surface area contributed by atoms with E-state index in [0.29, 0.717) is 38.3 Å². The summed E-state index contributed by atoms with van der Waals surface area (Å²) in [5.74, 6) is 0.437. The third-order valence-corrected chi connectivity index (χ3v) is 7.40. The molecule has 2 N–H and O–H groups in total. The summed E-state index contributed by atoms with van der Waals surface area (Å²) in [4.78, 5) is 20.1. The maximum absolute atomic E-state index is 12.7. The van der Waals surface area contributed by atoms with E-state index in [1.807, 2.05) is 60.7 Å². The van der Waals surface area contributed by atoms with Crippen LogP contribution in [0.2, 0.25) is 0 Å². The number of imidazole rings is 1. The van der Waals surface area contributed by atoms with E-state index >= 15 is 0 Å². The maximum atomic E-state index is 12.7. The second-order valence-electron chi connectivity index (χ2n) is 7.74. The number of carbonyl (C=O) groups excluding carboxylic acids is 1. The number of sulfonamides is 1. The van der Waals surface area contributed by atoms with Gasteiger partial charge in [0.2, 0.25) is 15.9 Å². The molecule has 31 heavy (non-hydrogen) atoms. The lowest BCUT2D eigenvalue weighted by Crippen LogP contribution is -2.43. The van der Waals surface area contributed by atoms with Crippen molar-refractivity contribution in [2.24, 2.45) is 5.92 Å². The Balaban J connectivity index is 1.26. The van der Waals surface area contributed by atoms with Gasteiger partial charge in [-0.25, -0.2) is 17.7 Å². The number of hydrogen-bond donors (Lipinski definition) is 2. The van der Waals surface area contributed by atoms with Gasteiger partial charge in [-0.15, -0.1) is 0 Å². The number of benzene rings is 2. The van der Waals surface area contributed by atoms with Crippen LogP contribution < -0.4 is 5.32 Å². The zero-order chi connectivity index (χ0) is 21.7. The Kier molecular flexibility index (Phi) is 6.48. The molecule has 1 saturated heterocycles. The number of H-pyrrole nitrogens is 1. The molecule has 162 valence electrons. The molecule has 1 amide bonds. The lowest BCUT2D eigenvalue weighted by molar-refractivity contribution is -0.126. The standard InChI is InChI=1S/C23H26N4O3S/c28-23(25-16-22-24-15-21(26-22)19-9-5-2-6-10-19)20-11-13-27(14-12-20)31(29,30)17-18-7-3-1-4-8-18/h1-10,15,20H,11-14,16-17H2,(H,24,26)(H,25,28). The lowest BCUT2D eigenvalue weighted by Gasteiger charge is -2.30. The second kappa shape index (κ2) is 9.45. The number of hydrogen-bond acceptors (Lipinski definition) is 4. The summed E-state index contributed by atoms with van der Waals surface area (Å²) in [5, 5.41) is 2.93. The second-order valence-corrected chi connectivity index (χ2v) is 9.71. The van der Waals surface area contributed by atoms with Crippen molar-refractivity contribution in [3.8, 4) is 11.3 Å². The van der Waals surface area contributed by atoms with Crippen LogP contribution in [-0.4, -0.2) is 41.7 Å². The van der Waals surface area contributed by atoms with Crippen LogP contribution in [0.25, 0.3) is 11.3 Å². The zero-order valence-electron chi connectivity index (χ0n) is 17.2. The number of nitrogens with one attached hydrogen (secondary N) is 2. The molecule has 0 spiro atoms. The molecule has 0 bridgehead atoms. The average molecular weight is 439 g/mol. The molecule has 8 heteroatoms. The molecule has 1 aliphatic heterocycles. The van der Waals surface area contributed by atoms with Gasteiger partial charge in [0.05, 0.1) is 24.2 Å². The van der Waals surface area contributed by atoms with Crippen LogP contribution in [0, 0.1) is 5.92 Å². The third-order valence-electron chi connectivity index (χ3n) is 5.55. The quantitative estimate of drug-likeness (QED) is 0.593. The summed E-state index contributed by atoms with van der Waals surface area (Å²) in [6, 6.07) is 19.0. The highest BCUT2D eigenvalue weighted by Crippen LogP contribution is 2.22. The van der Waals surface area contributed by atoms with Gasteiger partial charge in [0.1, 0.15) is 5.82 Å². The van der Waals surface area contributed by atoms with Crippen molar-refractivity contribution in [2.75, 3.05) is 13.1 Å². The predicted octanol–water partition coefficient (Wildman–Crippen LogP) is 2.93. The smallest absolute Gasteiger partial charge is 0.223 e. The molecule has 0 atom stereocenters. The van der Waals surface area contributed by atoms with Gasteiger partial charge in [-0.3, -0.25) is 4.79 Å². The van der Waals surface area contributed by atoms with Crippen molar-refractivity contribution in [3.05, 3.63) is 78.2 Å². The molecule has 4 rings (SSSR count). The van der Waals surface area contributed by atoms with Crippen molar-refractivity contribution in [1.82, 2.24) is 19.6 Å². The Morgan fingerprint density at radius 2 is 1.68 bits per heavy atom. The van der Waals surface area contributed by atoms with Crippen molar-refractivity contribution < 1.29 is 13.2 Å². The Morgan fingerprint density at radius 1 is 1.03 bits per heavy atom. The summed E-state index contributed by atoms with van der Waals surface area (Å²) in [6.07, 6.45) is 2.80. The van der Waals surface area contributed by atoms with Crippen molar-refractivity contribution >= 4 is 15.9 Å². The molecule has 7 nitrogen and oxygen atoms in total. The van der Waals surface area contributed by atoms with E-state index in [0.717, 1.165) is 16.8 Å². The van der Waals surface area contributed by atoms with Crippen LogP contribution in [0.4, 0.5) is 0 Å². The van der Waals surface area contributed by atoms with Crippen LogP contribution in [0.1, 0.15) is 24.2 Å². The largest absolute Gasteiger partial charge is 0.349 e. The Hall–Kier alpha value is -2.97. The topological polar surface area (TPSA) is 95.2 Å². The number of piperidine rings is 1. The van der Waals surface area contributed by atoms with Gasteiger partial charge in [-0.2, -0.15) is 0 Å². The maximum Gasteiger partial charge on any atom is 0.223 e. The monoisotopic (exact) mass is 438 g/mol. The minimum absolute atomic E-state index is 0.00700. The first kappa shape index (κ1) is 21.3. The first-order valence-electron chi connectivity index (χ1n) is 10.4. The number of aromatic amines is 1.